The van der Waals surface area contributed by atoms with Gasteiger partial charge in [0.25, 0.3) is 0 Å². The predicted octanol–water partition coefficient (Wildman–Crippen LogP) is 7.44. The molecule has 40 heavy (non-hydrogen) atoms. The van der Waals surface area contributed by atoms with E-state index in [-0.39, 0.29) is 11.9 Å². The molecule has 2 aliphatic heterocycles. The van der Waals surface area contributed by atoms with Crippen molar-refractivity contribution in [3.8, 4) is 17.0 Å². The average molecular weight is 602 g/mol. The lowest BCUT2D eigenvalue weighted by Crippen LogP contribution is -2.44. The number of piperidine rings is 1. The number of carbonyl (C=O) groups is 1. The Hall–Kier alpha value is -2.32. The Morgan fingerprint density at radius 3 is 2.45 bits per heavy atom. The fraction of sp³-hybridized carbons (Fsp3) is 0.484. The van der Waals surface area contributed by atoms with Crippen LogP contribution in [0.1, 0.15) is 56.9 Å². The smallest absolute Gasteiger partial charge is 0.220 e. The van der Waals surface area contributed by atoms with E-state index < -0.39 is 0 Å². The molecule has 5 rings (SSSR count). The Balaban J connectivity index is 0.978. The Morgan fingerprint density at radius 2 is 1.73 bits per heavy atom. The van der Waals surface area contributed by atoms with Crippen LogP contribution in [0.5, 0.6) is 5.75 Å². The summed E-state index contributed by atoms with van der Waals surface area (Å²) in [5, 5.41) is 7.65. The van der Waals surface area contributed by atoms with Crippen molar-refractivity contribution in [2.24, 2.45) is 0 Å². The van der Waals surface area contributed by atoms with Gasteiger partial charge in [-0.3, -0.25) is 9.69 Å². The lowest BCUT2D eigenvalue weighted by molar-refractivity contribution is -0.122. The highest BCUT2D eigenvalue weighted by Gasteiger charge is 2.21. The number of hydrogen-bond donors (Lipinski definition) is 1. The molecule has 0 aliphatic carbocycles. The van der Waals surface area contributed by atoms with Crippen molar-refractivity contribution >= 4 is 45.6 Å². The second kappa shape index (κ2) is 14.5. The van der Waals surface area contributed by atoms with E-state index in [9.17, 15) is 4.79 Å². The summed E-state index contributed by atoms with van der Waals surface area (Å²) in [4.78, 5) is 22.2. The number of amides is 1. The van der Waals surface area contributed by atoms with Gasteiger partial charge in [-0.05, 0) is 74.1 Å². The summed E-state index contributed by atoms with van der Waals surface area (Å²) in [7, 11) is 0. The van der Waals surface area contributed by atoms with Crippen LogP contribution in [-0.2, 0) is 11.3 Å². The largest absolute Gasteiger partial charge is 0.494 e. The molecule has 2 fully saturated rings. The number of nitrogens with one attached hydrogen (secondary N) is 1. The molecular weight excluding hydrogens is 563 g/mol. The second-order valence-electron chi connectivity index (χ2n) is 10.8. The minimum absolute atomic E-state index is 0.102. The van der Waals surface area contributed by atoms with Crippen LogP contribution < -0.4 is 15.0 Å². The van der Waals surface area contributed by atoms with Crippen molar-refractivity contribution in [1.29, 1.82) is 0 Å². The highest BCUT2D eigenvalue weighted by molar-refractivity contribution is 7.14. The third-order valence-electron chi connectivity index (χ3n) is 7.68. The van der Waals surface area contributed by atoms with Gasteiger partial charge in [-0.25, -0.2) is 4.98 Å². The highest BCUT2D eigenvalue weighted by atomic mass is 35.5. The molecule has 0 radical (unpaired) electrons. The summed E-state index contributed by atoms with van der Waals surface area (Å²) >= 11 is 13.9. The van der Waals surface area contributed by atoms with Gasteiger partial charge in [0.15, 0.2) is 5.13 Å². The summed E-state index contributed by atoms with van der Waals surface area (Å²) in [6, 6.07) is 14.1. The minimum Gasteiger partial charge on any atom is -0.494 e. The molecular formula is C31H38Cl2N4O2S. The molecule has 3 heterocycles. The highest BCUT2D eigenvalue weighted by Crippen LogP contribution is 2.30. The Bertz CT molecular complexity index is 1240. The van der Waals surface area contributed by atoms with Crippen molar-refractivity contribution in [3.05, 3.63) is 63.5 Å². The van der Waals surface area contributed by atoms with E-state index in [1.165, 1.54) is 25.7 Å². The number of benzene rings is 2. The Morgan fingerprint density at radius 1 is 0.975 bits per heavy atom. The third kappa shape index (κ3) is 8.35. The number of carbonyl (C=O) groups excluding carboxylic acids is 1. The van der Waals surface area contributed by atoms with Crippen molar-refractivity contribution < 1.29 is 9.53 Å². The zero-order chi connectivity index (χ0) is 27.7. The maximum atomic E-state index is 12.5. The molecule has 1 N–H and O–H groups in total. The molecule has 2 aromatic carbocycles. The maximum absolute atomic E-state index is 12.5. The first-order valence-electron chi connectivity index (χ1n) is 14.4. The fourth-order valence-corrected chi connectivity index (χ4v) is 6.59. The number of halogens is 2. The maximum Gasteiger partial charge on any atom is 0.220 e. The van der Waals surface area contributed by atoms with E-state index in [0.717, 1.165) is 73.3 Å². The molecule has 9 heteroatoms. The molecule has 2 aliphatic rings. The van der Waals surface area contributed by atoms with E-state index in [2.05, 4.69) is 32.6 Å². The van der Waals surface area contributed by atoms with Gasteiger partial charge in [0.2, 0.25) is 5.91 Å². The number of nitrogens with zero attached hydrogens (tertiary/aromatic N) is 3. The molecule has 2 saturated heterocycles. The molecule has 3 aromatic rings. The van der Waals surface area contributed by atoms with Crippen molar-refractivity contribution in [2.45, 2.75) is 64.0 Å². The Kier molecular flexibility index (Phi) is 10.6. The van der Waals surface area contributed by atoms with Crippen LogP contribution >= 0.6 is 34.5 Å². The van der Waals surface area contributed by atoms with Gasteiger partial charge in [0, 0.05) is 56.1 Å². The topological polar surface area (TPSA) is 57.7 Å². The van der Waals surface area contributed by atoms with Crippen LogP contribution in [0.2, 0.25) is 10.0 Å². The van der Waals surface area contributed by atoms with Crippen LogP contribution in [0.4, 0.5) is 5.13 Å². The van der Waals surface area contributed by atoms with Gasteiger partial charge in [-0.15, -0.1) is 11.3 Å². The van der Waals surface area contributed by atoms with E-state index in [1.54, 1.807) is 11.3 Å². The van der Waals surface area contributed by atoms with Gasteiger partial charge in [-0.2, -0.15) is 0 Å². The molecule has 0 atom stereocenters. The molecule has 0 bridgehead atoms. The first-order chi connectivity index (χ1) is 19.5. The fourth-order valence-electron chi connectivity index (χ4n) is 5.38. The SMILES string of the molecule is O=C(CCCOc1ccc(-c2csc(N3CCCCCC3)n2)cc1)NC1CCN(Cc2ccc(Cl)c(Cl)c2)CC1. The molecule has 0 spiro atoms. The summed E-state index contributed by atoms with van der Waals surface area (Å²) in [6.07, 6.45) is 8.22. The zero-order valence-corrected chi connectivity index (χ0v) is 25.2. The Labute approximate surface area is 251 Å². The first kappa shape index (κ1) is 29.2. The minimum atomic E-state index is 0.102. The van der Waals surface area contributed by atoms with E-state index in [1.807, 2.05) is 30.3 Å². The average Bonchev–Trinajstić information content (AvgIpc) is 3.30. The van der Waals surface area contributed by atoms with Gasteiger partial charge < -0.3 is 15.0 Å². The van der Waals surface area contributed by atoms with Crippen molar-refractivity contribution in [1.82, 2.24) is 15.2 Å². The number of thiazole rings is 1. The number of aromatic nitrogens is 1. The summed E-state index contributed by atoms with van der Waals surface area (Å²) < 4.78 is 5.91. The number of hydrogen-bond acceptors (Lipinski definition) is 6. The van der Waals surface area contributed by atoms with Crippen LogP contribution in [0.25, 0.3) is 11.3 Å². The van der Waals surface area contributed by atoms with Crippen molar-refractivity contribution in [2.75, 3.05) is 37.7 Å². The quantitative estimate of drug-likeness (QED) is 0.245. The molecule has 0 unspecified atom stereocenters. The van der Waals surface area contributed by atoms with Gasteiger partial charge in [-0.1, -0.05) is 42.1 Å². The molecule has 6 nitrogen and oxygen atoms in total. The van der Waals surface area contributed by atoms with Crippen molar-refractivity contribution in [3.63, 3.8) is 0 Å². The van der Waals surface area contributed by atoms with Crippen LogP contribution in [0.15, 0.2) is 47.8 Å². The van der Waals surface area contributed by atoms with E-state index in [0.29, 0.717) is 29.5 Å². The standard InChI is InChI=1S/C31H38Cl2N4O2S/c32-27-12-7-23(20-28(27)33)21-36-17-13-25(14-18-36)34-30(38)6-5-19-39-26-10-8-24(9-11-26)29-22-40-31(35-29)37-15-3-1-2-4-16-37/h7-12,20,22,25H,1-6,13-19,21H2,(H,34,38). The number of likely N-dealkylation sites (tertiary alicyclic amines) is 1. The number of rotatable bonds is 10. The number of ether oxygens (including phenoxy) is 1. The molecule has 0 saturated carbocycles. The van der Waals surface area contributed by atoms with Gasteiger partial charge in [0.05, 0.1) is 22.3 Å². The van der Waals surface area contributed by atoms with Crippen LogP contribution in [0, 0.1) is 0 Å². The normalized spacial score (nSPS) is 17.0. The molecule has 1 amide bonds. The lowest BCUT2D eigenvalue weighted by Gasteiger charge is -2.32. The monoisotopic (exact) mass is 600 g/mol. The molecule has 1 aromatic heterocycles. The second-order valence-corrected chi connectivity index (χ2v) is 12.4. The summed E-state index contributed by atoms with van der Waals surface area (Å²) in [5.74, 6) is 0.923. The summed E-state index contributed by atoms with van der Waals surface area (Å²) in [6.45, 7) is 5.48. The number of anilines is 1. The predicted molar refractivity (Wildman–Crippen MR) is 166 cm³/mol. The summed E-state index contributed by atoms with van der Waals surface area (Å²) in [5.41, 5.74) is 3.28. The molecule has 214 valence electrons. The first-order valence-corrected chi connectivity index (χ1v) is 16.1. The van der Waals surface area contributed by atoms with E-state index in [4.69, 9.17) is 32.9 Å². The van der Waals surface area contributed by atoms with Crippen LogP contribution in [0.3, 0.4) is 0 Å². The lowest BCUT2D eigenvalue weighted by atomic mass is 10.0. The van der Waals surface area contributed by atoms with Gasteiger partial charge >= 0.3 is 0 Å². The van der Waals surface area contributed by atoms with Gasteiger partial charge in [0.1, 0.15) is 5.75 Å². The third-order valence-corrected chi connectivity index (χ3v) is 9.32. The van der Waals surface area contributed by atoms with Crippen LogP contribution in [-0.4, -0.2) is 54.6 Å². The van der Waals surface area contributed by atoms with E-state index >= 15 is 0 Å². The zero-order valence-electron chi connectivity index (χ0n) is 22.9.